The molecule has 0 aliphatic carbocycles. The van der Waals surface area contributed by atoms with Crippen LogP contribution in [-0.2, 0) is 14.0 Å². The molecule has 0 spiro atoms. The Bertz CT molecular complexity index is 648. The second-order valence-electron chi connectivity index (χ2n) is 8.38. The number of hydrogen-bond acceptors (Lipinski definition) is 4. The Balaban J connectivity index is 1.43. The van der Waals surface area contributed by atoms with Crippen molar-refractivity contribution in [2.24, 2.45) is 0 Å². The number of nitrogens with zero attached hydrogens (tertiary/aromatic N) is 1. The molecule has 3 aliphatic heterocycles. The molecule has 3 heterocycles. The van der Waals surface area contributed by atoms with Gasteiger partial charge in [-0.05, 0) is 50.7 Å². The summed E-state index contributed by atoms with van der Waals surface area (Å²) >= 11 is 0. The van der Waals surface area contributed by atoms with Gasteiger partial charge in [0.1, 0.15) is 0 Å². The van der Waals surface area contributed by atoms with E-state index in [4.69, 9.17) is 14.0 Å². The van der Waals surface area contributed by atoms with Crippen molar-refractivity contribution in [1.82, 2.24) is 4.90 Å². The molecule has 2 saturated heterocycles. The second-order valence-corrected chi connectivity index (χ2v) is 8.38. The van der Waals surface area contributed by atoms with Crippen LogP contribution in [0.2, 0.25) is 0 Å². The highest BCUT2D eigenvalue weighted by molar-refractivity contribution is 6.62. The lowest BCUT2D eigenvalue weighted by molar-refractivity contribution is -0.0612. The van der Waals surface area contributed by atoms with E-state index in [1.807, 2.05) is 0 Å². The van der Waals surface area contributed by atoms with E-state index >= 15 is 0 Å². The van der Waals surface area contributed by atoms with Crippen LogP contribution >= 0.6 is 0 Å². The lowest BCUT2D eigenvalue weighted by Crippen LogP contribution is -2.50. The third-order valence-electron chi connectivity index (χ3n) is 6.18. The Kier molecular flexibility index (Phi) is 4.31. The van der Waals surface area contributed by atoms with Crippen molar-refractivity contribution >= 4 is 18.2 Å². The molecule has 0 atom stereocenters. The number of benzene rings is 1. The standard InChI is InChI=1S/C20H28BNO3/c1-19(2)20(3,4)25-21(24-19)17-7-5-15(6-8-17)16-9-11-22(12-10-16)18-13-23-14-18/h5-9,18H,10-14H2,1-4H3. The smallest absolute Gasteiger partial charge is 0.399 e. The van der Waals surface area contributed by atoms with Crippen molar-refractivity contribution in [3.8, 4) is 0 Å². The summed E-state index contributed by atoms with van der Waals surface area (Å²) in [6, 6.07) is 9.32. The van der Waals surface area contributed by atoms with Crippen LogP contribution < -0.4 is 5.46 Å². The van der Waals surface area contributed by atoms with E-state index in [-0.39, 0.29) is 18.3 Å². The highest BCUT2D eigenvalue weighted by atomic mass is 16.7. The van der Waals surface area contributed by atoms with E-state index in [1.54, 1.807) is 0 Å². The predicted molar refractivity (Wildman–Crippen MR) is 101 cm³/mol. The summed E-state index contributed by atoms with van der Waals surface area (Å²) in [4.78, 5) is 2.52. The maximum atomic E-state index is 6.14. The molecule has 1 aromatic rings. The first kappa shape index (κ1) is 17.3. The van der Waals surface area contributed by atoms with Crippen molar-refractivity contribution in [2.75, 3.05) is 26.3 Å². The molecule has 0 bridgehead atoms. The Morgan fingerprint density at radius 3 is 2.12 bits per heavy atom. The van der Waals surface area contributed by atoms with Crippen LogP contribution in [0.4, 0.5) is 0 Å². The maximum absolute atomic E-state index is 6.14. The van der Waals surface area contributed by atoms with Gasteiger partial charge in [-0.1, -0.05) is 30.3 Å². The molecule has 134 valence electrons. The van der Waals surface area contributed by atoms with E-state index in [0.717, 1.165) is 38.2 Å². The topological polar surface area (TPSA) is 30.9 Å². The highest BCUT2D eigenvalue weighted by Gasteiger charge is 2.51. The van der Waals surface area contributed by atoms with Crippen LogP contribution in [0.3, 0.4) is 0 Å². The fraction of sp³-hybridized carbons (Fsp3) is 0.600. The Morgan fingerprint density at radius 1 is 1.00 bits per heavy atom. The van der Waals surface area contributed by atoms with Crippen molar-refractivity contribution in [3.63, 3.8) is 0 Å². The molecule has 2 fully saturated rings. The van der Waals surface area contributed by atoms with Gasteiger partial charge >= 0.3 is 7.12 Å². The molecular formula is C20H28BNO3. The molecule has 0 radical (unpaired) electrons. The van der Waals surface area contributed by atoms with E-state index in [0.29, 0.717) is 6.04 Å². The first-order valence-electron chi connectivity index (χ1n) is 9.32. The average molecular weight is 341 g/mol. The van der Waals surface area contributed by atoms with Gasteiger partial charge in [-0.15, -0.1) is 0 Å². The maximum Gasteiger partial charge on any atom is 0.494 e. The molecular weight excluding hydrogens is 313 g/mol. The molecule has 4 nitrogen and oxygen atoms in total. The Morgan fingerprint density at radius 2 is 1.64 bits per heavy atom. The van der Waals surface area contributed by atoms with Gasteiger partial charge in [0, 0.05) is 13.1 Å². The Hall–Kier alpha value is -1.14. The predicted octanol–water partition coefficient (Wildman–Crippen LogP) is 2.47. The van der Waals surface area contributed by atoms with Gasteiger partial charge in [0.25, 0.3) is 0 Å². The normalized spacial score (nSPS) is 26.4. The van der Waals surface area contributed by atoms with Crippen molar-refractivity contribution in [2.45, 2.75) is 51.4 Å². The first-order chi connectivity index (χ1) is 11.9. The van der Waals surface area contributed by atoms with Crippen LogP contribution in [0.25, 0.3) is 5.57 Å². The fourth-order valence-electron chi connectivity index (χ4n) is 3.55. The van der Waals surface area contributed by atoms with Gasteiger partial charge in [-0.25, -0.2) is 0 Å². The van der Waals surface area contributed by atoms with Crippen molar-refractivity contribution < 1.29 is 14.0 Å². The SMILES string of the molecule is CC1(C)OB(c2ccc(C3=CCN(C4COC4)CC3)cc2)OC1(C)C. The summed E-state index contributed by atoms with van der Waals surface area (Å²) in [7, 11) is -0.284. The molecule has 3 aliphatic rings. The zero-order valence-corrected chi connectivity index (χ0v) is 15.7. The molecule has 25 heavy (non-hydrogen) atoms. The van der Waals surface area contributed by atoms with Gasteiger partial charge in [0.05, 0.1) is 30.5 Å². The minimum Gasteiger partial charge on any atom is -0.399 e. The minimum absolute atomic E-state index is 0.284. The van der Waals surface area contributed by atoms with E-state index in [2.05, 4.69) is 62.9 Å². The minimum atomic E-state index is -0.295. The first-order valence-corrected chi connectivity index (χ1v) is 9.32. The van der Waals surface area contributed by atoms with Crippen LogP contribution in [-0.4, -0.2) is 55.6 Å². The van der Waals surface area contributed by atoms with Crippen LogP contribution in [0, 0.1) is 0 Å². The van der Waals surface area contributed by atoms with E-state index in [9.17, 15) is 0 Å². The summed E-state index contributed by atoms with van der Waals surface area (Å²) in [5.41, 5.74) is 3.25. The van der Waals surface area contributed by atoms with Gasteiger partial charge in [0.2, 0.25) is 0 Å². The number of ether oxygens (including phenoxy) is 1. The summed E-state index contributed by atoms with van der Waals surface area (Å²) in [6.07, 6.45) is 3.47. The summed E-state index contributed by atoms with van der Waals surface area (Å²) in [5, 5.41) is 0. The van der Waals surface area contributed by atoms with Gasteiger partial charge < -0.3 is 14.0 Å². The third-order valence-corrected chi connectivity index (χ3v) is 6.18. The van der Waals surface area contributed by atoms with Crippen molar-refractivity contribution in [3.05, 3.63) is 35.9 Å². The summed E-state index contributed by atoms with van der Waals surface area (Å²) in [5.74, 6) is 0. The quantitative estimate of drug-likeness (QED) is 0.791. The van der Waals surface area contributed by atoms with E-state index in [1.165, 1.54) is 11.1 Å². The van der Waals surface area contributed by atoms with Crippen LogP contribution in [0.15, 0.2) is 30.3 Å². The van der Waals surface area contributed by atoms with Gasteiger partial charge in [-0.2, -0.15) is 0 Å². The molecule has 4 rings (SSSR count). The molecule has 0 N–H and O–H groups in total. The summed E-state index contributed by atoms with van der Waals surface area (Å²) < 4.78 is 17.6. The average Bonchev–Trinajstić information content (AvgIpc) is 2.75. The molecule has 1 aromatic carbocycles. The monoisotopic (exact) mass is 341 g/mol. The zero-order valence-electron chi connectivity index (χ0n) is 15.7. The molecule has 0 unspecified atom stereocenters. The molecule has 0 aromatic heterocycles. The largest absolute Gasteiger partial charge is 0.494 e. The molecule has 5 heteroatoms. The highest BCUT2D eigenvalue weighted by Crippen LogP contribution is 2.36. The Labute approximate surface area is 151 Å². The zero-order chi connectivity index (χ0) is 17.7. The van der Waals surface area contributed by atoms with Gasteiger partial charge in [-0.3, -0.25) is 4.90 Å². The molecule has 0 amide bonds. The van der Waals surface area contributed by atoms with Crippen molar-refractivity contribution in [1.29, 1.82) is 0 Å². The lowest BCUT2D eigenvalue weighted by Gasteiger charge is -2.38. The fourth-order valence-corrected chi connectivity index (χ4v) is 3.55. The third kappa shape index (κ3) is 3.19. The molecule has 0 saturated carbocycles. The van der Waals surface area contributed by atoms with Crippen LogP contribution in [0.5, 0.6) is 0 Å². The van der Waals surface area contributed by atoms with E-state index < -0.39 is 0 Å². The second kappa shape index (κ2) is 6.24. The van der Waals surface area contributed by atoms with Crippen LogP contribution in [0.1, 0.15) is 39.7 Å². The number of rotatable bonds is 3. The van der Waals surface area contributed by atoms with Gasteiger partial charge in [0.15, 0.2) is 0 Å². The number of hydrogen-bond donors (Lipinski definition) is 0. The summed E-state index contributed by atoms with van der Waals surface area (Å²) in [6.45, 7) is 12.3. The lowest BCUT2D eigenvalue weighted by atomic mass is 9.78.